The molecule has 0 aromatic heterocycles. The summed E-state index contributed by atoms with van der Waals surface area (Å²) < 4.78 is 0. The van der Waals surface area contributed by atoms with E-state index in [0.29, 0.717) is 21.3 Å². The van der Waals surface area contributed by atoms with Crippen LogP contribution in [0.2, 0.25) is 10.0 Å². The number of hydrogen-bond donors (Lipinski definition) is 1. The standard InChI is InChI=1S/C15H11Cl2N3O4/c16-13-5-4-11(7-14(13)17)19-15(21)9-24-18-8-10-2-1-3-12(6-10)20(22)23/h1-8H,9H2,(H,19,21)/b18-8-. The number of rotatable bonds is 6. The molecular formula is C15H11Cl2N3O4. The number of halogens is 2. The van der Waals surface area contributed by atoms with Gasteiger partial charge >= 0.3 is 0 Å². The van der Waals surface area contributed by atoms with Crippen molar-refractivity contribution in [3.8, 4) is 0 Å². The Balaban J connectivity index is 1.84. The Kier molecular flexibility index (Phi) is 6.11. The molecule has 0 saturated carbocycles. The number of benzene rings is 2. The van der Waals surface area contributed by atoms with Gasteiger partial charge in [0, 0.05) is 23.4 Å². The van der Waals surface area contributed by atoms with Crippen molar-refractivity contribution >= 4 is 46.7 Å². The second kappa shape index (κ2) is 8.28. The molecule has 1 amide bonds. The Morgan fingerprint density at radius 1 is 1.25 bits per heavy atom. The van der Waals surface area contributed by atoms with Crippen molar-refractivity contribution in [1.29, 1.82) is 0 Å². The molecule has 2 aromatic rings. The van der Waals surface area contributed by atoms with Crippen LogP contribution in [0.3, 0.4) is 0 Å². The van der Waals surface area contributed by atoms with Gasteiger partial charge in [0.2, 0.25) is 0 Å². The number of anilines is 1. The Morgan fingerprint density at radius 2 is 2.04 bits per heavy atom. The van der Waals surface area contributed by atoms with Crippen LogP contribution in [0.25, 0.3) is 0 Å². The minimum atomic E-state index is -0.511. The highest BCUT2D eigenvalue weighted by Crippen LogP contribution is 2.24. The van der Waals surface area contributed by atoms with Crippen molar-refractivity contribution in [3.63, 3.8) is 0 Å². The summed E-state index contributed by atoms with van der Waals surface area (Å²) in [4.78, 5) is 26.7. The lowest BCUT2D eigenvalue weighted by Crippen LogP contribution is -2.16. The zero-order valence-corrected chi connectivity index (χ0v) is 13.6. The van der Waals surface area contributed by atoms with E-state index in [-0.39, 0.29) is 12.3 Å². The normalized spacial score (nSPS) is 10.6. The van der Waals surface area contributed by atoms with Crippen LogP contribution in [0.1, 0.15) is 5.56 Å². The van der Waals surface area contributed by atoms with Gasteiger partial charge in [-0.25, -0.2) is 0 Å². The molecule has 0 aliphatic heterocycles. The first-order chi connectivity index (χ1) is 11.5. The molecule has 0 atom stereocenters. The fourth-order valence-electron chi connectivity index (χ4n) is 1.68. The minimum Gasteiger partial charge on any atom is -0.386 e. The van der Waals surface area contributed by atoms with E-state index in [4.69, 9.17) is 28.0 Å². The van der Waals surface area contributed by atoms with E-state index >= 15 is 0 Å². The highest BCUT2D eigenvalue weighted by Gasteiger charge is 2.06. The van der Waals surface area contributed by atoms with E-state index in [9.17, 15) is 14.9 Å². The quantitative estimate of drug-likeness (QED) is 0.476. The van der Waals surface area contributed by atoms with Gasteiger partial charge in [-0.3, -0.25) is 14.9 Å². The number of nitrogens with zero attached hydrogens (tertiary/aromatic N) is 2. The molecule has 0 heterocycles. The first kappa shape index (κ1) is 17.7. The maximum absolute atomic E-state index is 11.7. The Labute approximate surface area is 147 Å². The van der Waals surface area contributed by atoms with Gasteiger partial charge in [0.25, 0.3) is 11.6 Å². The van der Waals surface area contributed by atoms with Crippen molar-refractivity contribution in [2.75, 3.05) is 11.9 Å². The van der Waals surface area contributed by atoms with Gasteiger partial charge in [-0.15, -0.1) is 0 Å². The molecule has 0 unspecified atom stereocenters. The molecule has 24 heavy (non-hydrogen) atoms. The van der Waals surface area contributed by atoms with Crippen LogP contribution < -0.4 is 5.32 Å². The predicted molar refractivity (Wildman–Crippen MR) is 91.7 cm³/mol. The number of hydrogen-bond acceptors (Lipinski definition) is 5. The van der Waals surface area contributed by atoms with Gasteiger partial charge in [0.15, 0.2) is 6.61 Å². The van der Waals surface area contributed by atoms with Crippen LogP contribution in [0.4, 0.5) is 11.4 Å². The summed E-state index contributed by atoms with van der Waals surface area (Å²) in [6.45, 7) is -0.328. The Bertz CT molecular complexity index is 796. The second-order valence-corrected chi connectivity index (χ2v) is 5.35. The monoisotopic (exact) mass is 367 g/mol. The molecule has 1 N–H and O–H groups in total. The minimum absolute atomic E-state index is 0.0590. The van der Waals surface area contributed by atoms with Crippen molar-refractivity contribution in [2.45, 2.75) is 0 Å². The fourth-order valence-corrected chi connectivity index (χ4v) is 1.98. The van der Waals surface area contributed by atoms with Crippen LogP contribution in [-0.2, 0) is 9.63 Å². The molecule has 0 spiro atoms. The average molecular weight is 368 g/mol. The van der Waals surface area contributed by atoms with Crippen molar-refractivity contribution < 1.29 is 14.6 Å². The Hall–Kier alpha value is -2.64. The highest BCUT2D eigenvalue weighted by atomic mass is 35.5. The van der Waals surface area contributed by atoms with Crippen molar-refractivity contribution in [1.82, 2.24) is 0 Å². The Morgan fingerprint density at radius 3 is 2.75 bits per heavy atom. The van der Waals surface area contributed by atoms with Gasteiger partial charge in [-0.2, -0.15) is 0 Å². The number of nitrogens with one attached hydrogen (secondary N) is 1. The predicted octanol–water partition coefficient (Wildman–Crippen LogP) is 3.89. The van der Waals surface area contributed by atoms with Crippen molar-refractivity contribution in [3.05, 3.63) is 68.2 Å². The fraction of sp³-hybridized carbons (Fsp3) is 0.0667. The smallest absolute Gasteiger partial charge is 0.270 e. The number of carbonyl (C=O) groups is 1. The number of carbonyl (C=O) groups excluding carboxylic acids is 1. The van der Waals surface area contributed by atoms with Crippen molar-refractivity contribution in [2.24, 2.45) is 5.16 Å². The van der Waals surface area contributed by atoms with Crippen LogP contribution in [0.5, 0.6) is 0 Å². The first-order valence-electron chi connectivity index (χ1n) is 6.60. The molecule has 2 rings (SSSR count). The van der Waals surface area contributed by atoms with Gasteiger partial charge in [0.1, 0.15) is 0 Å². The summed E-state index contributed by atoms with van der Waals surface area (Å²) in [5.74, 6) is -0.440. The van der Waals surface area contributed by atoms with Crippen LogP contribution in [0, 0.1) is 10.1 Å². The molecule has 0 aliphatic rings. The average Bonchev–Trinajstić information content (AvgIpc) is 2.55. The summed E-state index contributed by atoms with van der Waals surface area (Å²) in [5, 5.41) is 17.5. The van der Waals surface area contributed by atoms with Gasteiger partial charge in [-0.1, -0.05) is 40.5 Å². The third kappa shape index (κ3) is 5.22. The first-order valence-corrected chi connectivity index (χ1v) is 7.36. The lowest BCUT2D eigenvalue weighted by Gasteiger charge is -2.05. The molecule has 0 radical (unpaired) electrons. The second-order valence-electron chi connectivity index (χ2n) is 4.54. The molecule has 0 fully saturated rings. The number of nitro benzene ring substituents is 1. The van der Waals surface area contributed by atoms with Gasteiger partial charge < -0.3 is 10.2 Å². The van der Waals surface area contributed by atoms with E-state index in [0.717, 1.165) is 0 Å². The number of non-ortho nitro benzene ring substituents is 1. The molecule has 124 valence electrons. The molecular weight excluding hydrogens is 357 g/mol. The number of oxime groups is 1. The van der Waals surface area contributed by atoms with Crippen LogP contribution in [0.15, 0.2) is 47.6 Å². The summed E-state index contributed by atoms with van der Waals surface area (Å²) in [7, 11) is 0. The summed E-state index contributed by atoms with van der Waals surface area (Å²) >= 11 is 11.6. The SMILES string of the molecule is O=C(CO/N=C\c1cccc([N+](=O)[O-])c1)Nc1ccc(Cl)c(Cl)c1. The van der Waals surface area contributed by atoms with Crippen LogP contribution >= 0.6 is 23.2 Å². The largest absolute Gasteiger partial charge is 0.386 e. The topological polar surface area (TPSA) is 93.8 Å². The lowest BCUT2D eigenvalue weighted by molar-refractivity contribution is -0.384. The van der Waals surface area contributed by atoms with E-state index in [1.807, 2.05) is 0 Å². The van der Waals surface area contributed by atoms with E-state index in [1.54, 1.807) is 18.2 Å². The molecule has 0 aliphatic carbocycles. The number of nitro groups is 1. The maximum Gasteiger partial charge on any atom is 0.270 e. The van der Waals surface area contributed by atoms with E-state index < -0.39 is 10.8 Å². The third-order valence-corrected chi connectivity index (χ3v) is 3.50. The third-order valence-electron chi connectivity index (χ3n) is 2.76. The maximum atomic E-state index is 11.7. The number of amides is 1. The van der Waals surface area contributed by atoms with Gasteiger partial charge in [0.05, 0.1) is 21.2 Å². The van der Waals surface area contributed by atoms with Crippen LogP contribution in [-0.4, -0.2) is 23.7 Å². The van der Waals surface area contributed by atoms with Gasteiger partial charge in [-0.05, 0) is 18.2 Å². The molecule has 7 nitrogen and oxygen atoms in total. The zero-order chi connectivity index (χ0) is 17.5. The lowest BCUT2D eigenvalue weighted by atomic mass is 10.2. The highest BCUT2D eigenvalue weighted by molar-refractivity contribution is 6.42. The summed E-state index contributed by atoms with van der Waals surface area (Å²) in [5.41, 5.74) is 0.895. The molecule has 0 saturated heterocycles. The van der Waals surface area contributed by atoms with E-state index in [2.05, 4.69) is 10.5 Å². The molecule has 9 heteroatoms. The zero-order valence-electron chi connectivity index (χ0n) is 12.1. The molecule has 0 bridgehead atoms. The summed E-state index contributed by atoms with van der Waals surface area (Å²) in [6.07, 6.45) is 1.28. The summed E-state index contributed by atoms with van der Waals surface area (Å²) in [6, 6.07) is 10.5. The molecule has 2 aromatic carbocycles. The van der Waals surface area contributed by atoms with E-state index in [1.165, 1.54) is 30.5 Å².